The van der Waals surface area contributed by atoms with Gasteiger partial charge in [0.2, 0.25) is 0 Å². The summed E-state index contributed by atoms with van der Waals surface area (Å²) in [5.74, 6) is 1.51. The Kier molecular flexibility index (Phi) is 2.04. The molecule has 0 fully saturated rings. The average Bonchev–Trinajstić information content (AvgIpc) is 2.70. The van der Waals surface area contributed by atoms with Gasteiger partial charge in [-0.2, -0.15) is 0 Å². The number of hydrogen-bond acceptors (Lipinski definition) is 2. The van der Waals surface area contributed by atoms with Crippen molar-refractivity contribution in [2.45, 2.75) is 0 Å². The van der Waals surface area contributed by atoms with Crippen molar-refractivity contribution in [3.63, 3.8) is 0 Å². The molecule has 0 aliphatic heterocycles. The summed E-state index contributed by atoms with van der Waals surface area (Å²) in [6.45, 7) is 0. The minimum atomic E-state index is 0.706. The van der Waals surface area contributed by atoms with Gasteiger partial charge in [-0.25, -0.2) is 0 Å². The van der Waals surface area contributed by atoms with E-state index in [4.69, 9.17) is 9.15 Å². The molecule has 1 aromatic heterocycles. The third-order valence-corrected chi connectivity index (χ3v) is 1.82. The highest BCUT2D eigenvalue weighted by atomic mass is 16.5. The van der Waals surface area contributed by atoms with Crippen LogP contribution in [0.5, 0.6) is 5.75 Å². The summed E-state index contributed by atoms with van der Waals surface area (Å²) in [5, 5.41) is 0. The molecule has 2 nitrogen and oxygen atoms in total. The van der Waals surface area contributed by atoms with Gasteiger partial charge in [-0.05, 0) is 18.2 Å². The van der Waals surface area contributed by atoms with Gasteiger partial charge in [-0.15, -0.1) is 0 Å². The Bertz CT molecular complexity index is 377. The van der Waals surface area contributed by atoms with Crippen molar-refractivity contribution >= 4 is 0 Å². The van der Waals surface area contributed by atoms with Gasteiger partial charge in [0.25, 0.3) is 0 Å². The minimum absolute atomic E-state index is 0.706. The zero-order valence-electron chi connectivity index (χ0n) is 7.28. The lowest BCUT2D eigenvalue weighted by Gasteiger charge is -2.04. The smallest absolute Gasteiger partial charge is 0.145 e. The van der Waals surface area contributed by atoms with Crippen LogP contribution in [0, 0.1) is 6.07 Å². The summed E-state index contributed by atoms with van der Waals surface area (Å²) < 4.78 is 10.4. The van der Waals surface area contributed by atoms with E-state index in [0.29, 0.717) is 5.76 Å². The highest BCUT2D eigenvalue weighted by Gasteiger charge is 2.06. The summed E-state index contributed by atoms with van der Waals surface area (Å²) >= 11 is 0. The molecule has 0 unspecified atom stereocenters. The van der Waals surface area contributed by atoms with Crippen molar-refractivity contribution in [3.8, 4) is 17.1 Å². The first-order chi connectivity index (χ1) is 6.42. The molecule has 0 bridgehead atoms. The predicted octanol–water partition coefficient (Wildman–Crippen LogP) is 2.76. The molecule has 2 rings (SSSR count). The first kappa shape index (κ1) is 7.92. The van der Waals surface area contributed by atoms with E-state index in [0.717, 1.165) is 11.3 Å². The van der Waals surface area contributed by atoms with Crippen LogP contribution in [-0.4, -0.2) is 7.11 Å². The summed E-state index contributed by atoms with van der Waals surface area (Å²) in [5.41, 5.74) is 0.926. The Balaban J connectivity index is 2.51. The maximum absolute atomic E-state index is 5.23. The minimum Gasteiger partial charge on any atom is -0.496 e. The van der Waals surface area contributed by atoms with Gasteiger partial charge in [0, 0.05) is 6.07 Å². The topological polar surface area (TPSA) is 22.4 Å². The van der Waals surface area contributed by atoms with Crippen molar-refractivity contribution in [1.29, 1.82) is 0 Å². The molecular formula is C11H9O2. The molecule has 0 N–H and O–H groups in total. The zero-order valence-corrected chi connectivity index (χ0v) is 7.28. The van der Waals surface area contributed by atoms with Crippen molar-refractivity contribution in [2.75, 3.05) is 7.11 Å². The lowest BCUT2D eigenvalue weighted by Crippen LogP contribution is -1.85. The predicted molar refractivity (Wildman–Crippen MR) is 49.5 cm³/mol. The van der Waals surface area contributed by atoms with Gasteiger partial charge in [0.05, 0.1) is 18.9 Å². The Morgan fingerprint density at radius 2 is 2.15 bits per heavy atom. The largest absolute Gasteiger partial charge is 0.496 e. The average molecular weight is 173 g/mol. The van der Waals surface area contributed by atoms with Crippen LogP contribution in [-0.2, 0) is 0 Å². The van der Waals surface area contributed by atoms with E-state index in [1.165, 1.54) is 0 Å². The number of rotatable bonds is 2. The molecule has 1 radical (unpaired) electrons. The molecule has 0 aliphatic carbocycles. The Morgan fingerprint density at radius 3 is 2.85 bits per heavy atom. The third-order valence-electron chi connectivity index (χ3n) is 1.82. The van der Waals surface area contributed by atoms with Gasteiger partial charge in [0.15, 0.2) is 0 Å². The van der Waals surface area contributed by atoms with Crippen molar-refractivity contribution in [3.05, 3.63) is 42.7 Å². The van der Waals surface area contributed by atoms with Gasteiger partial charge in [-0.3, -0.25) is 0 Å². The highest BCUT2D eigenvalue weighted by Crippen LogP contribution is 2.28. The molecule has 1 heterocycles. The van der Waals surface area contributed by atoms with E-state index in [-0.39, 0.29) is 0 Å². The van der Waals surface area contributed by atoms with Gasteiger partial charge < -0.3 is 9.15 Å². The molecule has 65 valence electrons. The van der Waals surface area contributed by atoms with Crippen LogP contribution in [0.4, 0.5) is 0 Å². The molecule has 0 saturated heterocycles. The van der Waals surface area contributed by atoms with Crippen LogP contribution in [0.3, 0.4) is 0 Å². The first-order valence-corrected chi connectivity index (χ1v) is 4.00. The number of para-hydroxylation sites is 1. The number of ether oxygens (including phenoxy) is 1. The van der Waals surface area contributed by atoms with Gasteiger partial charge in [-0.1, -0.05) is 12.1 Å². The fourth-order valence-corrected chi connectivity index (χ4v) is 1.22. The maximum Gasteiger partial charge on any atom is 0.145 e. The number of furan rings is 1. The molecule has 2 aromatic rings. The van der Waals surface area contributed by atoms with Crippen LogP contribution >= 0.6 is 0 Å². The van der Waals surface area contributed by atoms with E-state index in [1.807, 2.05) is 24.3 Å². The van der Waals surface area contributed by atoms with Crippen LogP contribution in [0.1, 0.15) is 0 Å². The lowest BCUT2D eigenvalue weighted by molar-refractivity contribution is 0.414. The quantitative estimate of drug-likeness (QED) is 0.696. The molecule has 2 heteroatoms. The summed E-state index contributed by atoms with van der Waals surface area (Å²) in [7, 11) is 1.64. The highest BCUT2D eigenvalue weighted by molar-refractivity contribution is 5.64. The van der Waals surface area contributed by atoms with E-state index in [9.17, 15) is 0 Å². The van der Waals surface area contributed by atoms with Crippen LogP contribution < -0.4 is 4.74 Å². The molecule has 13 heavy (non-hydrogen) atoms. The van der Waals surface area contributed by atoms with Gasteiger partial charge in [0.1, 0.15) is 11.5 Å². The summed E-state index contributed by atoms with van der Waals surface area (Å²) in [6.07, 6.45) is 1.60. The van der Waals surface area contributed by atoms with E-state index in [1.54, 1.807) is 19.4 Å². The van der Waals surface area contributed by atoms with Crippen molar-refractivity contribution < 1.29 is 9.15 Å². The summed E-state index contributed by atoms with van der Waals surface area (Å²) in [4.78, 5) is 0. The molecule has 1 aromatic carbocycles. The molecule has 0 saturated carbocycles. The number of methoxy groups -OCH3 is 1. The molecular weight excluding hydrogens is 164 g/mol. The molecule has 0 spiro atoms. The zero-order chi connectivity index (χ0) is 9.10. The Morgan fingerprint density at radius 1 is 1.31 bits per heavy atom. The Labute approximate surface area is 76.8 Å². The van der Waals surface area contributed by atoms with Crippen molar-refractivity contribution in [1.82, 2.24) is 0 Å². The molecule has 0 aliphatic rings. The molecule has 0 amide bonds. The van der Waals surface area contributed by atoms with E-state index >= 15 is 0 Å². The van der Waals surface area contributed by atoms with E-state index in [2.05, 4.69) is 6.07 Å². The number of hydrogen-bond donors (Lipinski definition) is 0. The van der Waals surface area contributed by atoms with Gasteiger partial charge >= 0.3 is 0 Å². The Hall–Kier alpha value is -1.70. The molecule has 0 atom stereocenters. The normalized spacial score (nSPS) is 9.92. The monoisotopic (exact) mass is 173 g/mol. The first-order valence-electron chi connectivity index (χ1n) is 4.00. The van der Waals surface area contributed by atoms with Crippen molar-refractivity contribution in [2.24, 2.45) is 0 Å². The lowest BCUT2D eigenvalue weighted by atomic mass is 10.1. The van der Waals surface area contributed by atoms with Crippen LogP contribution in [0.25, 0.3) is 11.3 Å². The second kappa shape index (κ2) is 3.35. The second-order valence-corrected chi connectivity index (χ2v) is 2.59. The standard InChI is InChI=1S/C11H9O2/c1-12-10-6-3-2-5-9(10)11-7-4-8-13-11/h2-6,8H,1H3. The summed E-state index contributed by atoms with van der Waals surface area (Å²) in [6, 6.07) is 12.4. The van der Waals surface area contributed by atoms with Crippen LogP contribution in [0.15, 0.2) is 41.0 Å². The van der Waals surface area contributed by atoms with E-state index < -0.39 is 0 Å². The SMILES string of the molecule is COc1ccccc1-c1[c]cco1. The fraction of sp³-hybridized carbons (Fsp3) is 0.0909. The third kappa shape index (κ3) is 1.43. The maximum atomic E-state index is 5.23. The number of benzene rings is 1. The van der Waals surface area contributed by atoms with Crippen LogP contribution in [0.2, 0.25) is 0 Å². The fourth-order valence-electron chi connectivity index (χ4n) is 1.22. The second-order valence-electron chi connectivity index (χ2n) is 2.59.